The van der Waals surface area contributed by atoms with E-state index in [2.05, 4.69) is 0 Å². The van der Waals surface area contributed by atoms with Crippen LogP contribution in [0.1, 0.15) is 32.1 Å². The quantitative estimate of drug-likeness (QED) is 0.640. The van der Waals surface area contributed by atoms with Crippen LogP contribution in [-0.2, 0) is 14.3 Å². The van der Waals surface area contributed by atoms with E-state index >= 15 is 0 Å². The Morgan fingerprint density at radius 2 is 2.12 bits per heavy atom. The molecule has 2 N–H and O–H groups in total. The molecule has 2 rings (SSSR count). The number of fused-ring (bicyclic) bond motifs is 1. The third-order valence-electron chi connectivity index (χ3n) is 3.60. The molecule has 2 aliphatic rings. The van der Waals surface area contributed by atoms with Crippen molar-refractivity contribution in [3.8, 4) is 0 Å². The van der Waals surface area contributed by atoms with Crippen molar-refractivity contribution in [1.82, 2.24) is 4.90 Å². The predicted octanol–water partition coefficient (Wildman–Crippen LogP) is 0.0302. The lowest BCUT2D eigenvalue weighted by atomic mass is 10.1. The van der Waals surface area contributed by atoms with E-state index in [1.807, 2.05) is 0 Å². The van der Waals surface area contributed by atoms with Gasteiger partial charge in [-0.2, -0.15) is 0 Å². The molecule has 0 aromatic rings. The Morgan fingerprint density at radius 1 is 1.38 bits per heavy atom. The van der Waals surface area contributed by atoms with Crippen LogP contribution in [0.15, 0.2) is 0 Å². The fraction of sp³-hybridized carbons (Fsp3) is 0.818. The van der Waals surface area contributed by atoms with Crippen molar-refractivity contribution in [2.75, 3.05) is 7.11 Å². The second-order valence-corrected chi connectivity index (χ2v) is 4.55. The summed E-state index contributed by atoms with van der Waals surface area (Å²) < 4.78 is 4.73. The first-order chi connectivity index (χ1) is 7.65. The summed E-state index contributed by atoms with van der Waals surface area (Å²) in [7, 11) is 1.36. The van der Waals surface area contributed by atoms with E-state index in [0.717, 1.165) is 25.7 Å². The molecule has 0 saturated carbocycles. The Kier molecular flexibility index (Phi) is 3.14. The molecule has 2 aliphatic heterocycles. The van der Waals surface area contributed by atoms with Gasteiger partial charge < -0.3 is 15.4 Å². The molecule has 0 aromatic heterocycles. The zero-order valence-corrected chi connectivity index (χ0v) is 9.52. The second kappa shape index (κ2) is 4.41. The highest BCUT2D eigenvalue weighted by atomic mass is 16.5. The van der Waals surface area contributed by atoms with Crippen molar-refractivity contribution in [2.24, 2.45) is 5.73 Å². The maximum atomic E-state index is 12.1. The Morgan fingerprint density at radius 3 is 2.81 bits per heavy atom. The molecule has 0 spiro atoms. The zero-order chi connectivity index (χ0) is 11.7. The van der Waals surface area contributed by atoms with E-state index in [-0.39, 0.29) is 17.9 Å². The van der Waals surface area contributed by atoms with Crippen LogP contribution in [0.5, 0.6) is 0 Å². The first kappa shape index (κ1) is 11.4. The lowest BCUT2D eigenvalue weighted by Gasteiger charge is -2.28. The first-order valence-electron chi connectivity index (χ1n) is 5.80. The molecule has 5 heteroatoms. The number of nitrogens with zero attached hydrogens (tertiary/aromatic N) is 1. The fourth-order valence-electron chi connectivity index (χ4n) is 2.76. The van der Waals surface area contributed by atoms with Gasteiger partial charge in [0.2, 0.25) is 5.91 Å². The summed E-state index contributed by atoms with van der Waals surface area (Å²) in [5.41, 5.74) is 5.79. The number of hydrogen-bond donors (Lipinski definition) is 1. The highest BCUT2D eigenvalue weighted by Gasteiger charge is 2.43. The smallest absolute Gasteiger partial charge is 0.328 e. The Hall–Kier alpha value is -1.10. The minimum atomic E-state index is -0.449. The van der Waals surface area contributed by atoms with Crippen LogP contribution in [0.25, 0.3) is 0 Å². The summed E-state index contributed by atoms with van der Waals surface area (Å²) in [6, 6.07) is -0.674. The van der Waals surface area contributed by atoms with Crippen molar-refractivity contribution in [3.63, 3.8) is 0 Å². The van der Waals surface area contributed by atoms with E-state index < -0.39 is 12.1 Å². The molecule has 0 bridgehead atoms. The predicted molar refractivity (Wildman–Crippen MR) is 57.5 cm³/mol. The lowest BCUT2D eigenvalue weighted by Crippen LogP contribution is -2.50. The van der Waals surface area contributed by atoms with Crippen LogP contribution in [0.2, 0.25) is 0 Å². The van der Waals surface area contributed by atoms with Crippen LogP contribution < -0.4 is 5.73 Å². The van der Waals surface area contributed by atoms with Gasteiger partial charge in [-0.3, -0.25) is 4.79 Å². The number of carbonyl (C=O) groups is 2. The van der Waals surface area contributed by atoms with Crippen LogP contribution in [0.3, 0.4) is 0 Å². The maximum Gasteiger partial charge on any atom is 0.328 e. The molecule has 0 unspecified atom stereocenters. The number of methoxy groups -OCH3 is 1. The molecule has 3 atom stereocenters. The summed E-state index contributed by atoms with van der Waals surface area (Å²) in [5, 5.41) is 0. The van der Waals surface area contributed by atoms with Gasteiger partial charge in [-0.15, -0.1) is 0 Å². The molecule has 90 valence electrons. The van der Waals surface area contributed by atoms with Gasteiger partial charge in [0.15, 0.2) is 0 Å². The average molecular weight is 226 g/mol. The minimum Gasteiger partial charge on any atom is -0.467 e. The molecule has 2 fully saturated rings. The molecule has 2 heterocycles. The van der Waals surface area contributed by atoms with Gasteiger partial charge in [0, 0.05) is 6.04 Å². The molecule has 5 nitrogen and oxygen atoms in total. The highest BCUT2D eigenvalue weighted by Crippen LogP contribution is 2.31. The molecule has 0 radical (unpaired) electrons. The normalized spacial score (nSPS) is 34.5. The Labute approximate surface area is 94.9 Å². The number of ether oxygens (including phenoxy) is 1. The number of rotatable bonds is 1. The third kappa shape index (κ3) is 1.80. The van der Waals surface area contributed by atoms with Gasteiger partial charge in [-0.25, -0.2) is 4.79 Å². The van der Waals surface area contributed by atoms with Crippen molar-refractivity contribution in [1.29, 1.82) is 0 Å². The molecular formula is C11H18N2O3. The van der Waals surface area contributed by atoms with Gasteiger partial charge in [0.25, 0.3) is 0 Å². The largest absolute Gasteiger partial charge is 0.467 e. The first-order valence-corrected chi connectivity index (χ1v) is 5.80. The van der Waals surface area contributed by atoms with Gasteiger partial charge >= 0.3 is 5.97 Å². The molecule has 0 aliphatic carbocycles. The van der Waals surface area contributed by atoms with Crippen LogP contribution in [0, 0.1) is 0 Å². The van der Waals surface area contributed by atoms with E-state index in [0.29, 0.717) is 6.42 Å². The highest BCUT2D eigenvalue weighted by molar-refractivity contribution is 5.88. The lowest BCUT2D eigenvalue weighted by molar-refractivity contribution is -0.152. The van der Waals surface area contributed by atoms with E-state index in [9.17, 15) is 9.59 Å². The molecule has 1 amide bonds. The third-order valence-corrected chi connectivity index (χ3v) is 3.60. The summed E-state index contributed by atoms with van der Waals surface area (Å²) in [6.07, 6.45) is 4.22. The Bertz CT molecular complexity index is 306. The zero-order valence-electron chi connectivity index (χ0n) is 9.52. The second-order valence-electron chi connectivity index (χ2n) is 4.55. The minimum absolute atomic E-state index is 0.0876. The van der Waals surface area contributed by atoms with Gasteiger partial charge in [-0.1, -0.05) is 0 Å². The van der Waals surface area contributed by atoms with Crippen molar-refractivity contribution >= 4 is 11.9 Å². The maximum absolute atomic E-state index is 12.1. The average Bonchev–Trinajstić information content (AvgIpc) is 2.65. The number of amides is 1. The standard InChI is InChI=1S/C11H18N2O3/c1-16-11(15)9-6-5-7-3-2-4-8(12)10(14)13(7)9/h7-9H,2-6,12H2,1H3/t7-,8-,9-/m0/s1. The SMILES string of the molecule is COC(=O)[C@@H]1CC[C@@H]2CCC[C@H](N)C(=O)N21. The van der Waals surface area contributed by atoms with E-state index in [1.165, 1.54) is 7.11 Å². The van der Waals surface area contributed by atoms with Crippen LogP contribution in [0.4, 0.5) is 0 Å². The summed E-state index contributed by atoms with van der Waals surface area (Å²) in [5.74, 6) is -0.402. The van der Waals surface area contributed by atoms with Gasteiger partial charge in [0.1, 0.15) is 6.04 Å². The molecular weight excluding hydrogens is 208 g/mol. The number of nitrogens with two attached hydrogens (primary N) is 1. The number of hydrogen-bond acceptors (Lipinski definition) is 4. The van der Waals surface area contributed by atoms with E-state index in [1.54, 1.807) is 4.90 Å². The monoisotopic (exact) mass is 226 g/mol. The fourth-order valence-corrected chi connectivity index (χ4v) is 2.76. The molecule has 0 aromatic carbocycles. The summed E-state index contributed by atoms with van der Waals surface area (Å²) in [6.45, 7) is 0. The Balaban J connectivity index is 2.20. The van der Waals surface area contributed by atoms with Gasteiger partial charge in [-0.05, 0) is 32.1 Å². The van der Waals surface area contributed by atoms with Crippen molar-refractivity contribution < 1.29 is 14.3 Å². The molecule has 16 heavy (non-hydrogen) atoms. The topological polar surface area (TPSA) is 72.6 Å². The van der Waals surface area contributed by atoms with Crippen LogP contribution in [-0.4, -0.2) is 42.0 Å². The van der Waals surface area contributed by atoms with Crippen LogP contribution >= 0.6 is 0 Å². The number of carbonyl (C=O) groups excluding carboxylic acids is 2. The summed E-state index contributed by atoms with van der Waals surface area (Å²) in [4.78, 5) is 25.3. The molecule has 2 saturated heterocycles. The summed E-state index contributed by atoms with van der Waals surface area (Å²) >= 11 is 0. The van der Waals surface area contributed by atoms with Crippen molar-refractivity contribution in [3.05, 3.63) is 0 Å². The van der Waals surface area contributed by atoms with Gasteiger partial charge in [0.05, 0.1) is 13.2 Å². The number of esters is 1. The van der Waals surface area contributed by atoms with E-state index in [4.69, 9.17) is 10.5 Å². The van der Waals surface area contributed by atoms with Crippen molar-refractivity contribution in [2.45, 2.75) is 50.2 Å².